The number of nitrogens with one attached hydrogen (secondary N) is 1. The lowest BCUT2D eigenvalue weighted by molar-refractivity contribution is 0.527. The van der Waals surface area contributed by atoms with Crippen LogP contribution in [0.4, 0.5) is 4.39 Å². The minimum Gasteiger partial charge on any atom is -0.310 e. The Morgan fingerprint density at radius 2 is 1.86 bits per heavy atom. The van der Waals surface area contributed by atoms with E-state index in [0.29, 0.717) is 0 Å². The minimum absolute atomic E-state index is 0.180. The third-order valence-corrected chi connectivity index (χ3v) is 3.89. The van der Waals surface area contributed by atoms with Gasteiger partial charge in [0.15, 0.2) is 0 Å². The van der Waals surface area contributed by atoms with Crippen LogP contribution in [0.2, 0.25) is 5.02 Å². The Balaban J connectivity index is 2.21. The van der Waals surface area contributed by atoms with Crippen LogP contribution in [-0.2, 0) is 6.42 Å². The van der Waals surface area contributed by atoms with Crippen LogP contribution in [0, 0.1) is 12.7 Å². The molecule has 0 radical (unpaired) electrons. The molecule has 0 heterocycles. The van der Waals surface area contributed by atoms with Crippen LogP contribution in [0.5, 0.6) is 0 Å². The van der Waals surface area contributed by atoms with Crippen molar-refractivity contribution >= 4 is 11.6 Å². The van der Waals surface area contributed by atoms with E-state index in [9.17, 15) is 4.39 Å². The molecule has 0 aromatic heterocycles. The summed E-state index contributed by atoms with van der Waals surface area (Å²) in [4.78, 5) is 0. The van der Waals surface area contributed by atoms with Crippen molar-refractivity contribution in [2.45, 2.75) is 32.7 Å². The molecule has 0 aliphatic rings. The van der Waals surface area contributed by atoms with E-state index in [0.717, 1.165) is 30.0 Å². The van der Waals surface area contributed by atoms with Crippen molar-refractivity contribution in [2.75, 3.05) is 6.54 Å². The van der Waals surface area contributed by atoms with Crippen molar-refractivity contribution in [3.05, 3.63) is 70.0 Å². The Labute approximate surface area is 131 Å². The first kappa shape index (κ1) is 16.0. The van der Waals surface area contributed by atoms with Gasteiger partial charge in [-0.3, -0.25) is 0 Å². The first-order chi connectivity index (χ1) is 10.1. The highest BCUT2D eigenvalue weighted by Crippen LogP contribution is 2.22. The molecule has 0 spiro atoms. The van der Waals surface area contributed by atoms with E-state index >= 15 is 0 Å². The molecule has 1 nitrogen and oxygen atoms in total. The Morgan fingerprint density at radius 3 is 2.48 bits per heavy atom. The number of aryl methyl sites for hydroxylation is 1. The van der Waals surface area contributed by atoms with Gasteiger partial charge in [0, 0.05) is 11.1 Å². The van der Waals surface area contributed by atoms with Crippen molar-refractivity contribution in [1.29, 1.82) is 0 Å². The largest absolute Gasteiger partial charge is 0.310 e. The number of hydrogen-bond acceptors (Lipinski definition) is 1. The number of benzene rings is 2. The quantitative estimate of drug-likeness (QED) is 0.785. The maximum Gasteiger partial charge on any atom is 0.123 e. The molecule has 3 heteroatoms. The van der Waals surface area contributed by atoms with Gasteiger partial charge in [-0.25, -0.2) is 4.39 Å². The topological polar surface area (TPSA) is 12.0 Å². The Hall–Kier alpha value is -1.38. The summed E-state index contributed by atoms with van der Waals surface area (Å²) in [5.74, 6) is -0.180. The van der Waals surface area contributed by atoms with Crippen molar-refractivity contribution < 1.29 is 4.39 Å². The van der Waals surface area contributed by atoms with Crippen LogP contribution >= 0.6 is 11.6 Å². The first-order valence-corrected chi connectivity index (χ1v) is 7.72. The molecule has 1 unspecified atom stereocenters. The highest BCUT2D eigenvalue weighted by atomic mass is 35.5. The Kier molecular flexibility index (Phi) is 5.77. The summed E-state index contributed by atoms with van der Waals surface area (Å²) in [6.45, 7) is 5.06. The second kappa shape index (κ2) is 7.58. The van der Waals surface area contributed by atoms with E-state index in [4.69, 9.17) is 11.6 Å². The lowest BCUT2D eigenvalue weighted by atomic mass is 9.96. The maximum atomic E-state index is 13.2. The zero-order chi connectivity index (χ0) is 15.2. The maximum absolute atomic E-state index is 13.2. The van der Waals surface area contributed by atoms with Crippen LogP contribution in [0.1, 0.15) is 36.1 Å². The molecule has 0 aliphatic carbocycles. The van der Waals surface area contributed by atoms with E-state index < -0.39 is 0 Å². The predicted octanol–water partition coefficient (Wildman–Crippen LogP) is 5.07. The summed E-state index contributed by atoms with van der Waals surface area (Å²) in [7, 11) is 0. The van der Waals surface area contributed by atoms with Gasteiger partial charge in [0.05, 0.1) is 0 Å². The lowest BCUT2D eigenvalue weighted by Gasteiger charge is -2.20. The predicted molar refractivity (Wildman–Crippen MR) is 87.3 cm³/mol. The minimum atomic E-state index is -0.180. The first-order valence-electron chi connectivity index (χ1n) is 7.34. The van der Waals surface area contributed by atoms with Gasteiger partial charge in [0.2, 0.25) is 0 Å². The molecule has 2 rings (SSSR count). The molecule has 1 atom stereocenters. The Morgan fingerprint density at radius 1 is 1.14 bits per heavy atom. The van der Waals surface area contributed by atoms with Crippen LogP contribution in [0.25, 0.3) is 0 Å². The molecular weight excluding hydrogens is 285 g/mol. The summed E-state index contributed by atoms with van der Waals surface area (Å²) in [5.41, 5.74) is 3.36. The smallest absolute Gasteiger partial charge is 0.123 e. The van der Waals surface area contributed by atoms with E-state index in [1.807, 2.05) is 25.1 Å². The van der Waals surface area contributed by atoms with Crippen LogP contribution < -0.4 is 5.32 Å². The fourth-order valence-electron chi connectivity index (χ4n) is 2.43. The van der Waals surface area contributed by atoms with Crippen molar-refractivity contribution in [1.82, 2.24) is 5.32 Å². The normalized spacial score (nSPS) is 12.4. The summed E-state index contributed by atoms with van der Waals surface area (Å²) in [5, 5.41) is 4.30. The van der Waals surface area contributed by atoms with Gasteiger partial charge < -0.3 is 5.32 Å². The highest BCUT2D eigenvalue weighted by molar-refractivity contribution is 6.30. The molecule has 2 aromatic rings. The number of hydrogen-bond donors (Lipinski definition) is 1. The van der Waals surface area contributed by atoms with Crippen LogP contribution in [0.15, 0.2) is 42.5 Å². The van der Waals surface area contributed by atoms with Gasteiger partial charge in [-0.15, -0.1) is 0 Å². The molecule has 0 fully saturated rings. The molecule has 2 aromatic carbocycles. The van der Waals surface area contributed by atoms with Crippen molar-refractivity contribution in [3.63, 3.8) is 0 Å². The van der Waals surface area contributed by atoms with E-state index in [-0.39, 0.29) is 11.9 Å². The zero-order valence-electron chi connectivity index (χ0n) is 12.5. The number of halogens is 2. The second-order valence-corrected chi connectivity index (χ2v) is 5.77. The average molecular weight is 306 g/mol. The highest BCUT2D eigenvalue weighted by Gasteiger charge is 2.13. The van der Waals surface area contributed by atoms with Gasteiger partial charge in [-0.2, -0.15) is 0 Å². The molecular formula is C18H21ClFN. The van der Waals surface area contributed by atoms with Gasteiger partial charge in [0.1, 0.15) is 5.82 Å². The molecule has 0 bridgehead atoms. The Bertz CT molecular complexity index is 580. The van der Waals surface area contributed by atoms with Gasteiger partial charge in [-0.1, -0.05) is 36.7 Å². The van der Waals surface area contributed by atoms with Crippen molar-refractivity contribution in [2.24, 2.45) is 0 Å². The molecule has 0 saturated carbocycles. The summed E-state index contributed by atoms with van der Waals surface area (Å²) < 4.78 is 13.2. The summed E-state index contributed by atoms with van der Waals surface area (Å²) >= 11 is 5.96. The molecule has 0 aliphatic heterocycles. The van der Waals surface area contributed by atoms with Gasteiger partial charge in [-0.05, 0) is 67.3 Å². The van der Waals surface area contributed by atoms with Gasteiger partial charge in [0.25, 0.3) is 0 Å². The van der Waals surface area contributed by atoms with E-state index in [1.54, 1.807) is 6.07 Å². The second-order valence-electron chi connectivity index (χ2n) is 5.33. The fraction of sp³-hybridized carbons (Fsp3) is 0.333. The lowest BCUT2D eigenvalue weighted by Crippen LogP contribution is -2.24. The molecule has 0 saturated heterocycles. The number of rotatable bonds is 6. The summed E-state index contributed by atoms with van der Waals surface area (Å²) in [6, 6.07) is 13.1. The molecule has 21 heavy (non-hydrogen) atoms. The third-order valence-electron chi connectivity index (χ3n) is 3.64. The van der Waals surface area contributed by atoms with E-state index in [2.05, 4.69) is 24.4 Å². The van der Waals surface area contributed by atoms with Crippen molar-refractivity contribution in [3.8, 4) is 0 Å². The molecule has 0 amide bonds. The average Bonchev–Trinajstić information content (AvgIpc) is 2.46. The zero-order valence-corrected chi connectivity index (χ0v) is 13.3. The van der Waals surface area contributed by atoms with Crippen LogP contribution in [0.3, 0.4) is 0 Å². The fourth-order valence-corrected chi connectivity index (χ4v) is 2.56. The monoisotopic (exact) mass is 305 g/mol. The molecule has 112 valence electrons. The third kappa shape index (κ3) is 4.55. The molecule has 1 N–H and O–H groups in total. The summed E-state index contributed by atoms with van der Waals surface area (Å²) in [6.07, 6.45) is 1.92. The van der Waals surface area contributed by atoms with Crippen LogP contribution in [-0.4, -0.2) is 6.54 Å². The van der Waals surface area contributed by atoms with E-state index in [1.165, 1.54) is 17.2 Å². The standard InChI is InChI=1S/C18H21ClFN/c1-3-10-21-18(14-4-7-16(19)8-5-14)12-15-6-9-17(20)11-13(15)2/h4-9,11,18,21H,3,10,12H2,1-2H3. The van der Waals surface area contributed by atoms with Gasteiger partial charge >= 0.3 is 0 Å². The SMILES string of the molecule is CCCNC(Cc1ccc(F)cc1C)c1ccc(Cl)cc1.